The highest BCUT2D eigenvalue weighted by Gasteiger charge is 2.24. The van der Waals surface area contributed by atoms with E-state index in [1.807, 2.05) is 23.6 Å². The van der Waals surface area contributed by atoms with Crippen LogP contribution in [-0.2, 0) is 9.59 Å². The minimum absolute atomic E-state index is 0.0403. The van der Waals surface area contributed by atoms with Gasteiger partial charge in [-0.25, -0.2) is 0 Å². The molecule has 1 aliphatic rings. The smallest absolute Gasteiger partial charge is 0.225 e. The highest BCUT2D eigenvalue weighted by molar-refractivity contribution is 5.79. The SMILES string of the molecule is CC(C)C(=O)N1CCN(C(=O)CCCCCN)CC1. The fourth-order valence-electron chi connectivity index (χ4n) is 2.30. The van der Waals surface area contributed by atoms with E-state index in [0.29, 0.717) is 39.1 Å². The summed E-state index contributed by atoms with van der Waals surface area (Å²) in [6, 6.07) is 0. The Labute approximate surface area is 116 Å². The molecule has 0 bridgehead atoms. The Hall–Kier alpha value is -1.10. The number of amides is 2. The molecule has 1 fully saturated rings. The van der Waals surface area contributed by atoms with Crippen LogP contribution in [0.15, 0.2) is 0 Å². The van der Waals surface area contributed by atoms with Crippen LogP contribution in [0, 0.1) is 5.92 Å². The van der Waals surface area contributed by atoms with Crippen molar-refractivity contribution < 1.29 is 9.59 Å². The highest BCUT2D eigenvalue weighted by atomic mass is 16.2. The molecule has 0 saturated carbocycles. The third-order valence-electron chi connectivity index (χ3n) is 3.53. The van der Waals surface area contributed by atoms with Crippen molar-refractivity contribution in [1.29, 1.82) is 0 Å². The summed E-state index contributed by atoms with van der Waals surface area (Å²) in [5, 5.41) is 0. The monoisotopic (exact) mass is 269 g/mol. The molecule has 0 aromatic heterocycles. The summed E-state index contributed by atoms with van der Waals surface area (Å²) in [6.07, 6.45) is 3.54. The summed E-state index contributed by atoms with van der Waals surface area (Å²) in [5.41, 5.74) is 5.42. The molecule has 1 aliphatic heterocycles. The Morgan fingerprint density at radius 2 is 1.58 bits per heavy atom. The van der Waals surface area contributed by atoms with Crippen LogP contribution < -0.4 is 5.73 Å². The first-order valence-corrected chi connectivity index (χ1v) is 7.33. The largest absolute Gasteiger partial charge is 0.339 e. The maximum Gasteiger partial charge on any atom is 0.225 e. The van der Waals surface area contributed by atoms with Crippen LogP contribution in [0.4, 0.5) is 0 Å². The Kier molecular flexibility index (Phi) is 6.84. The maximum atomic E-state index is 12.0. The lowest BCUT2D eigenvalue weighted by molar-refractivity contribution is -0.141. The van der Waals surface area contributed by atoms with Gasteiger partial charge in [-0.2, -0.15) is 0 Å². The van der Waals surface area contributed by atoms with Gasteiger partial charge in [-0.1, -0.05) is 20.3 Å². The predicted octanol–water partition coefficient (Wildman–Crippen LogP) is 0.832. The summed E-state index contributed by atoms with van der Waals surface area (Å²) < 4.78 is 0. The van der Waals surface area contributed by atoms with Crippen molar-refractivity contribution in [2.45, 2.75) is 39.5 Å². The molecule has 1 rings (SSSR count). The molecule has 110 valence electrons. The zero-order chi connectivity index (χ0) is 14.3. The van der Waals surface area contributed by atoms with Gasteiger partial charge in [-0.3, -0.25) is 9.59 Å². The van der Waals surface area contributed by atoms with Gasteiger partial charge in [0.1, 0.15) is 0 Å². The van der Waals surface area contributed by atoms with Gasteiger partial charge in [0.15, 0.2) is 0 Å². The molecule has 0 aromatic carbocycles. The van der Waals surface area contributed by atoms with E-state index in [9.17, 15) is 9.59 Å². The molecule has 1 saturated heterocycles. The highest BCUT2D eigenvalue weighted by Crippen LogP contribution is 2.09. The van der Waals surface area contributed by atoms with Crippen molar-refractivity contribution >= 4 is 11.8 Å². The standard InChI is InChI=1S/C14H27N3O2/c1-12(2)14(19)17-10-8-16(9-11-17)13(18)6-4-3-5-7-15/h12H,3-11,15H2,1-2H3. The van der Waals surface area contributed by atoms with Gasteiger partial charge in [0.2, 0.25) is 11.8 Å². The number of nitrogens with two attached hydrogens (primary N) is 1. The molecule has 2 N–H and O–H groups in total. The lowest BCUT2D eigenvalue weighted by Crippen LogP contribution is -2.51. The van der Waals surface area contributed by atoms with Crippen molar-refractivity contribution in [1.82, 2.24) is 9.80 Å². The van der Waals surface area contributed by atoms with Crippen LogP contribution in [0.2, 0.25) is 0 Å². The molecule has 0 aromatic rings. The molecule has 1 heterocycles. The zero-order valence-electron chi connectivity index (χ0n) is 12.2. The lowest BCUT2D eigenvalue weighted by atomic mass is 10.1. The number of hydrogen-bond donors (Lipinski definition) is 1. The normalized spacial score (nSPS) is 16.0. The summed E-state index contributed by atoms with van der Waals surface area (Å²) >= 11 is 0. The van der Waals surface area contributed by atoms with Crippen LogP contribution in [0.1, 0.15) is 39.5 Å². The minimum Gasteiger partial charge on any atom is -0.339 e. The molecular weight excluding hydrogens is 242 g/mol. The number of piperazine rings is 1. The summed E-state index contributed by atoms with van der Waals surface area (Å²) in [6.45, 7) is 7.22. The summed E-state index contributed by atoms with van der Waals surface area (Å²) in [5.74, 6) is 0.447. The van der Waals surface area contributed by atoms with Crippen LogP contribution in [0.25, 0.3) is 0 Å². The van der Waals surface area contributed by atoms with E-state index in [1.54, 1.807) is 0 Å². The first-order chi connectivity index (χ1) is 9.06. The molecular formula is C14H27N3O2. The second-order valence-electron chi connectivity index (χ2n) is 5.46. The maximum absolute atomic E-state index is 12.0. The van der Waals surface area contributed by atoms with Crippen molar-refractivity contribution in [3.05, 3.63) is 0 Å². The topological polar surface area (TPSA) is 66.6 Å². The van der Waals surface area contributed by atoms with E-state index in [4.69, 9.17) is 5.73 Å². The van der Waals surface area contributed by atoms with E-state index in [1.165, 1.54) is 0 Å². The number of unbranched alkanes of at least 4 members (excludes halogenated alkanes) is 2. The number of carbonyl (C=O) groups excluding carboxylic acids is 2. The molecule has 0 atom stereocenters. The Bertz CT molecular complexity index is 297. The third-order valence-corrected chi connectivity index (χ3v) is 3.53. The van der Waals surface area contributed by atoms with E-state index in [0.717, 1.165) is 19.3 Å². The second kappa shape index (κ2) is 8.15. The Balaban J connectivity index is 2.25. The Morgan fingerprint density at radius 1 is 1.00 bits per heavy atom. The van der Waals surface area contributed by atoms with Crippen molar-refractivity contribution in [3.8, 4) is 0 Å². The fourth-order valence-corrected chi connectivity index (χ4v) is 2.30. The van der Waals surface area contributed by atoms with E-state index < -0.39 is 0 Å². The van der Waals surface area contributed by atoms with Crippen molar-refractivity contribution in [2.24, 2.45) is 11.7 Å². The predicted molar refractivity (Wildman–Crippen MR) is 75.5 cm³/mol. The van der Waals surface area contributed by atoms with Crippen LogP contribution in [0.5, 0.6) is 0 Å². The quantitative estimate of drug-likeness (QED) is 0.726. The van der Waals surface area contributed by atoms with Crippen molar-refractivity contribution in [2.75, 3.05) is 32.7 Å². The van der Waals surface area contributed by atoms with Gasteiger partial charge in [-0.05, 0) is 19.4 Å². The van der Waals surface area contributed by atoms with E-state index >= 15 is 0 Å². The lowest BCUT2D eigenvalue weighted by Gasteiger charge is -2.35. The van der Waals surface area contributed by atoms with Gasteiger partial charge in [-0.15, -0.1) is 0 Å². The van der Waals surface area contributed by atoms with Gasteiger partial charge in [0, 0.05) is 38.5 Å². The van der Waals surface area contributed by atoms with E-state index in [-0.39, 0.29) is 17.7 Å². The molecule has 0 unspecified atom stereocenters. The van der Waals surface area contributed by atoms with E-state index in [2.05, 4.69) is 0 Å². The van der Waals surface area contributed by atoms with Crippen molar-refractivity contribution in [3.63, 3.8) is 0 Å². The van der Waals surface area contributed by atoms with Crippen LogP contribution in [0.3, 0.4) is 0 Å². The summed E-state index contributed by atoms with van der Waals surface area (Å²) in [4.78, 5) is 27.5. The van der Waals surface area contributed by atoms with Gasteiger partial charge in [0.25, 0.3) is 0 Å². The number of hydrogen-bond acceptors (Lipinski definition) is 3. The average molecular weight is 269 g/mol. The third kappa shape index (κ3) is 5.19. The minimum atomic E-state index is 0.0403. The summed E-state index contributed by atoms with van der Waals surface area (Å²) in [7, 11) is 0. The molecule has 5 heteroatoms. The number of carbonyl (C=O) groups is 2. The first-order valence-electron chi connectivity index (χ1n) is 7.33. The average Bonchev–Trinajstić information content (AvgIpc) is 2.42. The van der Waals surface area contributed by atoms with Gasteiger partial charge in [0.05, 0.1) is 0 Å². The molecule has 19 heavy (non-hydrogen) atoms. The molecule has 0 spiro atoms. The zero-order valence-corrected chi connectivity index (χ0v) is 12.2. The number of rotatable bonds is 6. The molecule has 5 nitrogen and oxygen atoms in total. The molecule has 0 radical (unpaired) electrons. The fraction of sp³-hybridized carbons (Fsp3) is 0.857. The van der Waals surface area contributed by atoms with Gasteiger partial charge >= 0.3 is 0 Å². The first kappa shape index (κ1) is 16.0. The second-order valence-corrected chi connectivity index (χ2v) is 5.46. The number of nitrogens with zero attached hydrogens (tertiary/aromatic N) is 2. The molecule has 2 amide bonds. The van der Waals surface area contributed by atoms with Gasteiger partial charge < -0.3 is 15.5 Å². The van der Waals surface area contributed by atoms with Crippen LogP contribution >= 0.6 is 0 Å². The van der Waals surface area contributed by atoms with Crippen LogP contribution in [-0.4, -0.2) is 54.3 Å². The molecule has 0 aliphatic carbocycles. The Morgan fingerprint density at radius 3 is 2.11 bits per heavy atom.